The lowest BCUT2D eigenvalue weighted by atomic mass is 10.1. The lowest BCUT2D eigenvalue weighted by molar-refractivity contribution is -0.121. The van der Waals surface area contributed by atoms with Gasteiger partial charge in [-0.3, -0.25) is 4.79 Å². The first kappa shape index (κ1) is 14.6. The first-order valence-corrected chi connectivity index (χ1v) is 8.18. The highest BCUT2D eigenvalue weighted by Crippen LogP contribution is 2.35. The van der Waals surface area contributed by atoms with E-state index in [0.29, 0.717) is 11.4 Å². The van der Waals surface area contributed by atoms with Gasteiger partial charge in [0.25, 0.3) is 0 Å². The second-order valence-electron chi connectivity index (χ2n) is 5.27. The zero-order chi connectivity index (χ0) is 14.8. The summed E-state index contributed by atoms with van der Waals surface area (Å²) in [6.07, 6.45) is 1.32. The molecule has 4 heteroatoms. The fourth-order valence-corrected chi connectivity index (χ4v) is 3.62. The Morgan fingerprint density at radius 3 is 2.67 bits per heavy atom. The Balaban J connectivity index is 1.69. The van der Waals surface area contributed by atoms with Gasteiger partial charge >= 0.3 is 0 Å². The summed E-state index contributed by atoms with van der Waals surface area (Å²) >= 11 is 9.53. The van der Waals surface area contributed by atoms with E-state index in [1.54, 1.807) is 0 Å². The third kappa shape index (κ3) is 3.30. The number of hydrogen-bond acceptors (Lipinski definition) is 1. The first-order chi connectivity index (χ1) is 10.1. The molecule has 108 valence electrons. The Kier molecular flexibility index (Phi) is 4.32. The van der Waals surface area contributed by atoms with Crippen molar-refractivity contribution in [1.29, 1.82) is 0 Å². The Hall–Kier alpha value is -1.32. The van der Waals surface area contributed by atoms with Gasteiger partial charge in [-0.15, -0.1) is 0 Å². The Morgan fingerprint density at radius 2 is 1.90 bits per heavy atom. The Bertz CT molecular complexity index is 656. The van der Waals surface area contributed by atoms with Crippen LogP contribution in [0.3, 0.4) is 0 Å². The van der Waals surface area contributed by atoms with E-state index < -0.39 is 0 Å². The van der Waals surface area contributed by atoms with Gasteiger partial charge in [0.05, 0.1) is 12.5 Å². The molecule has 2 atom stereocenters. The Morgan fingerprint density at radius 1 is 1.19 bits per heavy atom. The van der Waals surface area contributed by atoms with E-state index in [1.807, 2.05) is 36.4 Å². The predicted octanol–water partition coefficient (Wildman–Crippen LogP) is 4.06. The third-order valence-corrected chi connectivity index (χ3v) is 4.87. The molecule has 2 aromatic carbocycles. The quantitative estimate of drug-likeness (QED) is 0.818. The molecule has 1 aliphatic rings. The fraction of sp³-hybridized carbons (Fsp3) is 0.235. The average molecular weight is 365 g/mol. The van der Waals surface area contributed by atoms with Crippen LogP contribution >= 0.6 is 27.5 Å². The Labute approximate surface area is 137 Å². The van der Waals surface area contributed by atoms with Gasteiger partial charge < -0.3 is 5.32 Å². The second-order valence-corrected chi connectivity index (χ2v) is 6.88. The van der Waals surface area contributed by atoms with Crippen molar-refractivity contribution in [2.75, 3.05) is 0 Å². The fourth-order valence-electron chi connectivity index (χ4n) is 2.73. The summed E-state index contributed by atoms with van der Waals surface area (Å²) in [4.78, 5) is 12.5. The van der Waals surface area contributed by atoms with Crippen molar-refractivity contribution < 1.29 is 4.79 Å². The van der Waals surface area contributed by atoms with E-state index in [1.165, 1.54) is 11.1 Å². The summed E-state index contributed by atoms with van der Waals surface area (Å²) in [5.74, 6) is 0.0310. The van der Waals surface area contributed by atoms with Crippen LogP contribution < -0.4 is 5.32 Å². The molecular formula is C17H15BrClNO. The number of carbonyl (C=O) groups excluding carboxylic acids is 1. The van der Waals surface area contributed by atoms with Gasteiger partial charge in [0.15, 0.2) is 0 Å². The van der Waals surface area contributed by atoms with Crippen LogP contribution in [-0.2, 0) is 17.6 Å². The monoisotopic (exact) mass is 363 g/mol. The van der Waals surface area contributed by atoms with Crippen LogP contribution in [0.2, 0.25) is 5.02 Å². The second kappa shape index (κ2) is 6.20. The SMILES string of the molecule is O=C(Cc1ccc(Cl)cc1)NC1c2ccccc2CC1Br. The molecule has 0 spiro atoms. The molecule has 1 amide bonds. The van der Waals surface area contributed by atoms with Gasteiger partial charge in [0.1, 0.15) is 0 Å². The van der Waals surface area contributed by atoms with Gasteiger partial charge in [-0.05, 0) is 35.2 Å². The molecule has 2 aromatic rings. The van der Waals surface area contributed by atoms with Crippen LogP contribution in [0.5, 0.6) is 0 Å². The number of rotatable bonds is 3. The minimum absolute atomic E-state index is 0.0310. The molecule has 0 heterocycles. The highest BCUT2D eigenvalue weighted by atomic mass is 79.9. The summed E-state index contributed by atoms with van der Waals surface area (Å²) < 4.78 is 0. The standard InChI is InChI=1S/C17H15BrClNO/c18-15-10-12-3-1-2-4-14(12)17(15)20-16(21)9-11-5-7-13(19)8-6-11/h1-8,15,17H,9-10H2,(H,20,21). The number of halogens is 2. The predicted molar refractivity (Wildman–Crippen MR) is 88.9 cm³/mol. The van der Waals surface area contributed by atoms with Crippen molar-refractivity contribution >= 4 is 33.4 Å². The van der Waals surface area contributed by atoms with Gasteiger partial charge in [0.2, 0.25) is 5.91 Å². The van der Waals surface area contributed by atoms with Crippen LogP contribution in [0, 0.1) is 0 Å². The molecular weight excluding hydrogens is 350 g/mol. The lowest BCUT2D eigenvalue weighted by Gasteiger charge is -2.17. The molecule has 0 radical (unpaired) electrons. The smallest absolute Gasteiger partial charge is 0.224 e. The number of alkyl halides is 1. The molecule has 3 rings (SSSR count). The maximum atomic E-state index is 12.2. The van der Waals surface area contributed by atoms with E-state index in [-0.39, 0.29) is 16.8 Å². The maximum Gasteiger partial charge on any atom is 0.224 e. The van der Waals surface area contributed by atoms with Crippen molar-refractivity contribution in [3.05, 3.63) is 70.2 Å². The van der Waals surface area contributed by atoms with Crippen molar-refractivity contribution in [1.82, 2.24) is 5.32 Å². The third-order valence-electron chi connectivity index (χ3n) is 3.76. The van der Waals surface area contributed by atoms with Crippen LogP contribution in [0.4, 0.5) is 0 Å². The number of fused-ring (bicyclic) bond motifs is 1. The summed E-state index contributed by atoms with van der Waals surface area (Å²) in [6, 6.07) is 15.7. The summed E-state index contributed by atoms with van der Waals surface area (Å²) in [5, 5.41) is 3.81. The largest absolute Gasteiger partial charge is 0.348 e. The first-order valence-electron chi connectivity index (χ1n) is 6.89. The molecule has 0 aromatic heterocycles. The lowest BCUT2D eigenvalue weighted by Crippen LogP contribution is -2.32. The van der Waals surface area contributed by atoms with Gasteiger partial charge in [0, 0.05) is 9.85 Å². The molecule has 0 saturated heterocycles. The van der Waals surface area contributed by atoms with Crippen LogP contribution in [0.15, 0.2) is 48.5 Å². The van der Waals surface area contributed by atoms with Crippen molar-refractivity contribution in [2.45, 2.75) is 23.7 Å². The highest BCUT2D eigenvalue weighted by molar-refractivity contribution is 9.09. The van der Waals surface area contributed by atoms with E-state index >= 15 is 0 Å². The average Bonchev–Trinajstić information content (AvgIpc) is 2.78. The summed E-state index contributed by atoms with van der Waals surface area (Å²) in [5.41, 5.74) is 3.48. The normalized spacial score (nSPS) is 20.1. The van der Waals surface area contributed by atoms with Gasteiger partial charge in [-0.1, -0.05) is 63.9 Å². The summed E-state index contributed by atoms with van der Waals surface area (Å²) in [6.45, 7) is 0. The minimum Gasteiger partial charge on any atom is -0.348 e. The molecule has 2 nitrogen and oxygen atoms in total. The molecule has 2 unspecified atom stereocenters. The van der Waals surface area contributed by atoms with Crippen molar-refractivity contribution in [3.8, 4) is 0 Å². The molecule has 21 heavy (non-hydrogen) atoms. The van der Waals surface area contributed by atoms with Crippen molar-refractivity contribution in [2.24, 2.45) is 0 Å². The topological polar surface area (TPSA) is 29.1 Å². The molecule has 0 aliphatic heterocycles. The molecule has 0 fully saturated rings. The minimum atomic E-state index is 0.0310. The van der Waals surface area contributed by atoms with E-state index in [4.69, 9.17) is 11.6 Å². The van der Waals surface area contributed by atoms with E-state index in [0.717, 1.165) is 12.0 Å². The van der Waals surface area contributed by atoms with Gasteiger partial charge in [-0.25, -0.2) is 0 Å². The number of amides is 1. The van der Waals surface area contributed by atoms with Gasteiger partial charge in [-0.2, -0.15) is 0 Å². The number of nitrogens with one attached hydrogen (secondary N) is 1. The van der Waals surface area contributed by atoms with E-state index in [9.17, 15) is 4.79 Å². The van der Waals surface area contributed by atoms with Crippen LogP contribution in [0.25, 0.3) is 0 Å². The molecule has 1 aliphatic carbocycles. The number of benzene rings is 2. The molecule has 0 saturated carbocycles. The maximum absolute atomic E-state index is 12.2. The highest BCUT2D eigenvalue weighted by Gasteiger charge is 2.31. The zero-order valence-electron chi connectivity index (χ0n) is 11.4. The number of carbonyl (C=O) groups is 1. The van der Waals surface area contributed by atoms with E-state index in [2.05, 4.69) is 33.4 Å². The zero-order valence-corrected chi connectivity index (χ0v) is 13.7. The van der Waals surface area contributed by atoms with Crippen molar-refractivity contribution in [3.63, 3.8) is 0 Å². The molecule has 1 N–H and O–H groups in total. The number of hydrogen-bond donors (Lipinski definition) is 1. The summed E-state index contributed by atoms with van der Waals surface area (Å²) in [7, 11) is 0. The van der Waals surface area contributed by atoms with Crippen LogP contribution in [-0.4, -0.2) is 10.7 Å². The molecule has 0 bridgehead atoms. The van der Waals surface area contributed by atoms with Crippen LogP contribution in [0.1, 0.15) is 22.7 Å².